The number of amides is 1. The highest BCUT2D eigenvalue weighted by Gasteiger charge is 2.63. The summed E-state index contributed by atoms with van der Waals surface area (Å²) >= 11 is 0. The van der Waals surface area contributed by atoms with Crippen molar-refractivity contribution in [3.63, 3.8) is 0 Å². The number of aliphatic hydroxyl groups is 6. The molecule has 0 radical (unpaired) electrons. The molecule has 1 saturated carbocycles. The Hall–Kier alpha value is -4.71. The molecule has 1 aliphatic heterocycles. The fourth-order valence-electron chi connectivity index (χ4n) is 7.97. The summed E-state index contributed by atoms with van der Waals surface area (Å²) in [6.07, 6.45) is -6.34. The van der Waals surface area contributed by atoms with Crippen LogP contribution in [0.3, 0.4) is 0 Å². The molecule has 2 unspecified atom stereocenters. The zero-order valence-electron chi connectivity index (χ0n) is 31.7. The lowest BCUT2D eigenvalue weighted by Crippen LogP contribution is -2.31. The lowest BCUT2D eigenvalue weighted by atomic mass is 9.87. The van der Waals surface area contributed by atoms with Gasteiger partial charge in [-0.05, 0) is 54.4 Å². The van der Waals surface area contributed by atoms with Crippen LogP contribution >= 0.6 is 0 Å². The van der Waals surface area contributed by atoms with Crippen molar-refractivity contribution in [3.8, 4) is 11.5 Å². The summed E-state index contributed by atoms with van der Waals surface area (Å²) in [5.74, 6) is -3.82. The standard InChI is InChI=1S/C41H45F4N3O9/c1-38(2,19-51)35-10-22-7-26(28(42)12-31(22)47(35)15-24(53)17-49)40(14-27(40)21-5-6-33-34(9-21)57-41(44,45)56-33)37(55)46-30-8-23-11-36(39(3,4)20-52)48(16-25(54)18-50)32(23)13-29(30)43/h5-13,24-25,27,49-54H,14-20H2,1-4H3,(H,46,55)/t24-,25-,27?,40?/m1/s1. The van der Waals surface area contributed by atoms with Crippen LogP contribution < -0.4 is 14.8 Å². The Bertz CT molecular complexity index is 2370. The second-order valence-corrected chi connectivity index (χ2v) is 16.4. The number of hydrogen-bond acceptors (Lipinski definition) is 9. The minimum absolute atomic E-state index is 0.0235. The van der Waals surface area contributed by atoms with Crippen molar-refractivity contribution in [1.29, 1.82) is 0 Å². The van der Waals surface area contributed by atoms with E-state index in [0.29, 0.717) is 38.8 Å². The zero-order chi connectivity index (χ0) is 41.4. The molecule has 7 N–H and O–H groups in total. The van der Waals surface area contributed by atoms with E-state index in [9.17, 15) is 44.2 Å². The van der Waals surface area contributed by atoms with Gasteiger partial charge in [0.15, 0.2) is 11.5 Å². The number of nitrogens with zero attached hydrogens (tertiary/aromatic N) is 2. The molecule has 1 aliphatic carbocycles. The van der Waals surface area contributed by atoms with E-state index < -0.39 is 71.4 Å². The van der Waals surface area contributed by atoms with Crippen molar-refractivity contribution >= 4 is 33.4 Å². The smallest absolute Gasteiger partial charge is 0.395 e. The molecule has 7 rings (SSSR count). The number of benzene rings is 3. The molecular formula is C41H45F4N3O9. The van der Waals surface area contributed by atoms with Gasteiger partial charge in [-0.1, -0.05) is 33.8 Å². The highest BCUT2D eigenvalue weighted by Crippen LogP contribution is 2.63. The highest BCUT2D eigenvalue weighted by atomic mass is 19.3. The van der Waals surface area contributed by atoms with Crippen molar-refractivity contribution in [1.82, 2.24) is 9.13 Å². The van der Waals surface area contributed by atoms with Crippen LogP contribution in [0.25, 0.3) is 21.8 Å². The van der Waals surface area contributed by atoms with Gasteiger partial charge in [-0.2, -0.15) is 0 Å². The van der Waals surface area contributed by atoms with Crippen molar-refractivity contribution in [2.75, 3.05) is 31.7 Å². The molecule has 306 valence electrons. The summed E-state index contributed by atoms with van der Waals surface area (Å²) in [6.45, 7) is 4.99. The first kappa shape index (κ1) is 40.5. The predicted octanol–water partition coefficient (Wildman–Crippen LogP) is 4.51. The lowest BCUT2D eigenvalue weighted by Gasteiger charge is -2.25. The van der Waals surface area contributed by atoms with Gasteiger partial charge in [0.1, 0.15) is 11.6 Å². The van der Waals surface area contributed by atoms with Crippen molar-refractivity contribution in [2.45, 2.75) is 87.9 Å². The van der Waals surface area contributed by atoms with Gasteiger partial charge in [0.05, 0.1) is 73.9 Å². The Morgan fingerprint density at radius 2 is 1.32 bits per heavy atom. The fraction of sp³-hybridized carbons (Fsp3) is 0.439. The molecule has 3 aromatic carbocycles. The van der Waals surface area contributed by atoms with E-state index in [-0.39, 0.29) is 55.5 Å². The van der Waals surface area contributed by atoms with Crippen LogP contribution in [0, 0.1) is 11.6 Å². The number of nitrogens with one attached hydrogen (secondary N) is 1. The van der Waals surface area contributed by atoms with E-state index in [4.69, 9.17) is 0 Å². The minimum atomic E-state index is -3.91. The molecule has 0 spiro atoms. The van der Waals surface area contributed by atoms with Crippen LogP contribution in [0.5, 0.6) is 11.5 Å². The summed E-state index contributed by atoms with van der Waals surface area (Å²) in [5.41, 5.74) is -1.76. The number of halogens is 4. The van der Waals surface area contributed by atoms with Crippen molar-refractivity contribution in [2.24, 2.45) is 0 Å². The molecule has 16 heteroatoms. The fourth-order valence-corrected chi connectivity index (χ4v) is 7.97. The minimum Gasteiger partial charge on any atom is -0.395 e. The zero-order valence-corrected chi connectivity index (χ0v) is 31.7. The first-order chi connectivity index (χ1) is 26.8. The molecule has 1 amide bonds. The van der Waals surface area contributed by atoms with E-state index >= 15 is 8.78 Å². The Labute approximate surface area is 324 Å². The molecule has 5 aromatic rings. The molecular weight excluding hydrogens is 754 g/mol. The van der Waals surface area contributed by atoms with E-state index in [1.807, 2.05) is 0 Å². The van der Waals surface area contributed by atoms with Crippen LogP contribution in [0.15, 0.2) is 54.6 Å². The van der Waals surface area contributed by atoms with Gasteiger partial charge < -0.3 is 54.6 Å². The van der Waals surface area contributed by atoms with Gasteiger partial charge >= 0.3 is 6.29 Å². The van der Waals surface area contributed by atoms with E-state index in [1.165, 1.54) is 36.4 Å². The largest absolute Gasteiger partial charge is 0.586 e. The van der Waals surface area contributed by atoms with Crippen LogP contribution in [0.2, 0.25) is 0 Å². The first-order valence-electron chi connectivity index (χ1n) is 18.5. The SMILES string of the molecule is CC(C)(CO)c1cc2cc(NC(=O)C3(c4cc5cc(C(C)(C)CO)n(C[C@@H](O)CO)c5cc4F)CC3c3ccc4c(c3)OC(F)(F)O4)c(F)cc2n1C[C@@H](O)CO. The third-order valence-electron chi connectivity index (χ3n) is 11.3. The number of aromatic nitrogens is 2. The molecule has 2 aliphatic rings. The second-order valence-electron chi connectivity index (χ2n) is 16.4. The van der Waals surface area contributed by atoms with E-state index in [1.54, 1.807) is 49.0 Å². The third-order valence-corrected chi connectivity index (χ3v) is 11.3. The van der Waals surface area contributed by atoms with Gasteiger partial charge in [-0.15, -0.1) is 8.78 Å². The van der Waals surface area contributed by atoms with Crippen LogP contribution in [-0.4, -0.2) is 90.6 Å². The number of anilines is 1. The van der Waals surface area contributed by atoms with Crippen LogP contribution in [-0.2, 0) is 34.1 Å². The molecule has 3 heterocycles. The molecule has 1 fully saturated rings. The van der Waals surface area contributed by atoms with E-state index in [0.717, 1.165) is 6.07 Å². The first-order valence-corrected chi connectivity index (χ1v) is 18.5. The normalized spacial score (nSPS) is 20.0. The molecule has 4 atom stereocenters. The number of carbonyl (C=O) groups is 1. The van der Waals surface area contributed by atoms with Crippen molar-refractivity contribution < 1.29 is 62.5 Å². The average molecular weight is 800 g/mol. The molecule has 0 saturated heterocycles. The molecule has 12 nitrogen and oxygen atoms in total. The van der Waals surface area contributed by atoms with Crippen LogP contribution in [0.1, 0.15) is 62.5 Å². The summed E-state index contributed by atoms with van der Waals surface area (Å²) in [5, 5.41) is 63.8. The summed E-state index contributed by atoms with van der Waals surface area (Å²) in [6, 6.07) is 12.6. The summed E-state index contributed by atoms with van der Waals surface area (Å²) in [7, 11) is 0. The third kappa shape index (κ3) is 7.01. The number of alkyl halides is 2. The second kappa shape index (κ2) is 14.3. The average Bonchev–Trinajstić information content (AvgIpc) is 3.52. The topological polar surface area (TPSA) is 179 Å². The van der Waals surface area contributed by atoms with Crippen molar-refractivity contribution in [3.05, 3.63) is 88.7 Å². The lowest BCUT2D eigenvalue weighted by molar-refractivity contribution is -0.286. The number of carbonyl (C=O) groups excluding carboxylic acids is 1. The number of rotatable bonds is 14. The maximum absolute atomic E-state index is 16.7. The quantitative estimate of drug-likeness (QED) is 0.0797. The Morgan fingerprint density at radius 1 is 0.789 bits per heavy atom. The van der Waals surface area contributed by atoms with Gasteiger partial charge in [0.2, 0.25) is 5.91 Å². The van der Waals surface area contributed by atoms with Gasteiger partial charge in [0.25, 0.3) is 0 Å². The van der Waals surface area contributed by atoms with Crippen LogP contribution in [0.4, 0.5) is 23.2 Å². The molecule has 0 bridgehead atoms. The Balaban J connectivity index is 1.35. The molecule has 2 aromatic heterocycles. The van der Waals surface area contributed by atoms with Gasteiger partial charge in [-0.3, -0.25) is 4.79 Å². The monoisotopic (exact) mass is 799 g/mol. The maximum atomic E-state index is 16.7. The number of ether oxygens (including phenoxy) is 2. The summed E-state index contributed by atoms with van der Waals surface area (Å²) < 4.78 is 73.2. The highest BCUT2D eigenvalue weighted by molar-refractivity contribution is 6.05. The molecule has 57 heavy (non-hydrogen) atoms. The Morgan fingerprint density at radius 3 is 1.86 bits per heavy atom. The maximum Gasteiger partial charge on any atom is 0.586 e. The number of fused-ring (bicyclic) bond motifs is 3. The van der Waals surface area contributed by atoms with Gasteiger partial charge in [0, 0.05) is 50.5 Å². The number of hydrogen-bond donors (Lipinski definition) is 7. The Kier molecular flexibility index (Phi) is 10.1. The number of aliphatic hydroxyl groups excluding tert-OH is 6. The summed E-state index contributed by atoms with van der Waals surface area (Å²) in [4.78, 5) is 14.7. The van der Waals surface area contributed by atoms with Gasteiger partial charge in [-0.25, -0.2) is 8.78 Å². The van der Waals surface area contributed by atoms with E-state index in [2.05, 4.69) is 14.8 Å². The predicted molar refractivity (Wildman–Crippen MR) is 201 cm³/mol.